The molecule has 0 radical (unpaired) electrons. The molecule has 2 amide bonds. The van der Waals surface area contributed by atoms with Crippen LogP contribution in [0.3, 0.4) is 0 Å². The van der Waals surface area contributed by atoms with Crippen LogP contribution in [0.2, 0.25) is 5.02 Å². The summed E-state index contributed by atoms with van der Waals surface area (Å²) in [6.45, 7) is 3.20. The third-order valence-electron chi connectivity index (χ3n) is 6.88. The van der Waals surface area contributed by atoms with E-state index in [9.17, 15) is 9.59 Å². The van der Waals surface area contributed by atoms with E-state index in [2.05, 4.69) is 9.89 Å². The molecule has 0 saturated carbocycles. The van der Waals surface area contributed by atoms with E-state index in [4.69, 9.17) is 33.3 Å². The molecule has 0 spiro atoms. The van der Waals surface area contributed by atoms with Crippen molar-refractivity contribution in [2.75, 3.05) is 37.9 Å². The molecule has 3 heterocycles. The number of nitrogens with zero attached hydrogens (tertiary/aromatic N) is 4. The first-order chi connectivity index (χ1) is 18.0. The quantitative estimate of drug-likeness (QED) is 0.556. The van der Waals surface area contributed by atoms with Gasteiger partial charge in [-0.25, -0.2) is 4.99 Å². The average Bonchev–Trinajstić information content (AvgIpc) is 3.38. The molecule has 4 aliphatic rings. The van der Waals surface area contributed by atoms with Gasteiger partial charge in [0, 0.05) is 48.5 Å². The van der Waals surface area contributed by atoms with Gasteiger partial charge in [0.1, 0.15) is 5.92 Å². The van der Waals surface area contributed by atoms with Gasteiger partial charge in [-0.2, -0.15) is 0 Å². The summed E-state index contributed by atoms with van der Waals surface area (Å²) in [6.07, 6.45) is 3.44. The first-order valence-electron chi connectivity index (χ1n) is 12.0. The van der Waals surface area contributed by atoms with Crippen molar-refractivity contribution in [1.29, 1.82) is 0 Å². The fourth-order valence-electron chi connectivity index (χ4n) is 4.82. The van der Waals surface area contributed by atoms with Crippen LogP contribution in [0.4, 0.5) is 5.69 Å². The lowest BCUT2D eigenvalue weighted by Gasteiger charge is -2.36. The highest BCUT2D eigenvalue weighted by molar-refractivity contribution is 7.80. The average molecular weight is 535 g/mol. The third-order valence-corrected chi connectivity index (χ3v) is 7.44. The fourth-order valence-corrected chi connectivity index (χ4v) is 5.20. The number of allylic oxidation sites excluding steroid dienone is 1. The summed E-state index contributed by atoms with van der Waals surface area (Å²) in [5.41, 5.74) is 3.14. The summed E-state index contributed by atoms with van der Waals surface area (Å²) in [5, 5.41) is 0.920. The summed E-state index contributed by atoms with van der Waals surface area (Å²) in [6, 6.07) is 15.1. The summed E-state index contributed by atoms with van der Waals surface area (Å²) in [7, 11) is 0. The van der Waals surface area contributed by atoms with Gasteiger partial charge in [0.15, 0.2) is 11.5 Å². The Morgan fingerprint density at radius 3 is 2.43 bits per heavy atom. The molecular formula is C27H23ClN4O4S. The van der Waals surface area contributed by atoms with Crippen molar-refractivity contribution < 1.29 is 19.1 Å². The Bertz CT molecular complexity index is 1360. The first-order valence-corrected chi connectivity index (χ1v) is 12.8. The van der Waals surface area contributed by atoms with Crippen molar-refractivity contribution in [2.45, 2.75) is 6.54 Å². The van der Waals surface area contributed by atoms with Gasteiger partial charge in [0.2, 0.25) is 17.8 Å². The van der Waals surface area contributed by atoms with Crippen molar-refractivity contribution in [3.63, 3.8) is 0 Å². The van der Waals surface area contributed by atoms with Gasteiger partial charge in [-0.05, 0) is 60.3 Å². The molecule has 1 atom stereocenters. The molecule has 8 nitrogen and oxygen atoms in total. The van der Waals surface area contributed by atoms with Crippen molar-refractivity contribution in [2.24, 2.45) is 10.9 Å². The molecule has 2 saturated heterocycles. The van der Waals surface area contributed by atoms with Crippen LogP contribution < -0.4 is 4.90 Å². The predicted octanol–water partition coefficient (Wildman–Crippen LogP) is 3.77. The third kappa shape index (κ3) is 4.60. The normalized spacial score (nSPS) is 20.8. The zero-order valence-corrected chi connectivity index (χ0v) is 21.4. The second-order valence-electron chi connectivity index (χ2n) is 9.12. The molecule has 0 aromatic heterocycles. The number of benzene rings is 2. The lowest BCUT2D eigenvalue weighted by atomic mass is 9.93. The van der Waals surface area contributed by atoms with Crippen molar-refractivity contribution in [1.82, 2.24) is 9.80 Å². The summed E-state index contributed by atoms with van der Waals surface area (Å²) in [5.74, 6) is 0.413. The van der Waals surface area contributed by atoms with Gasteiger partial charge >= 0.3 is 0 Å². The standard InChI is InChI=1S/C27H23ClN4O4S/c28-19-5-7-20(8-6-19)30-9-11-31(12-10-30)25(33)18-3-1-17(2-4-18)15-32-26(34)21-13-23-24(36-16-35-23)14-22(21)29-27(32)37/h1-8,13-14,21H,9-12,15-16H2. The number of hydrogen-bond acceptors (Lipinski definition) is 6. The Morgan fingerprint density at radius 2 is 1.70 bits per heavy atom. The highest BCUT2D eigenvalue weighted by atomic mass is 35.5. The maximum Gasteiger partial charge on any atom is 0.253 e. The Morgan fingerprint density at radius 1 is 1.00 bits per heavy atom. The van der Waals surface area contributed by atoms with E-state index in [0.29, 0.717) is 40.9 Å². The minimum Gasteiger partial charge on any atom is -0.454 e. The largest absolute Gasteiger partial charge is 0.454 e. The predicted molar refractivity (Wildman–Crippen MR) is 143 cm³/mol. The molecule has 0 bridgehead atoms. The van der Waals surface area contributed by atoms with Crippen LogP contribution in [-0.2, 0) is 20.8 Å². The first kappa shape index (κ1) is 23.7. The number of rotatable bonds is 4. The highest BCUT2D eigenvalue weighted by Crippen LogP contribution is 2.31. The van der Waals surface area contributed by atoms with Gasteiger partial charge in [-0.15, -0.1) is 0 Å². The molecule has 2 aromatic rings. The topological polar surface area (TPSA) is 74.7 Å². The van der Waals surface area contributed by atoms with E-state index in [0.717, 1.165) is 24.3 Å². The van der Waals surface area contributed by atoms with Crippen LogP contribution in [0.1, 0.15) is 15.9 Å². The Labute approximate surface area is 224 Å². The molecule has 1 aliphatic carbocycles. The number of halogens is 1. The Balaban J connectivity index is 1.09. The van der Waals surface area contributed by atoms with Crippen LogP contribution in [0.5, 0.6) is 0 Å². The molecule has 188 valence electrons. The number of carbonyl (C=O) groups is 2. The minimum absolute atomic E-state index is 0.00341. The number of hydrogen-bond donors (Lipinski definition) is 0. The van der Waals surface area contributed by atoms with Crippen LogP contribution in [0, 0.1) is 5.92 Å². The molecular weight excluding hydrogens is 512 g/mol. The lowest BCUT2D eigenvalue weighted by Crippen LogP contribution is -2.48. The lowest BCUT2D eigenvalue weighted by molar-refractivity contribution is -0.129. The van der Waals surface area contributed by atoms with Gasteiger partial charge in [-0.1, -0.05) is 23.7 Å². The van der Waals surface area contributed by atoms with Crippen LogP contribution in [-0.4, -0.2) is 65.4 Å². The smallest absolute Gasteiger partial charge is 0.253 e. The molecule has 0 N–H and O–H groups in total. The van der Waals surface area contributed by atoms with E-state index in [1.54, 1.807) is 24.3 Å². The maximum absolute atomic E-state index is 13.2. The summed E-state index contributed by atoms with van der Waals surface area (Å²) < 4.78 is 10.8. The van der Waals surface area contributed by atoms with E-state index < -0.39 is 5.92 Å². The fraction of sp³-hybridized carbons (Fsp3) is 0.259. The zero-order valence-electron chi connectivity index (χ0n) is 19.8. The molecule has 3 aliphatic heterocycles. The summed E-state index contributed by atoms with van der Waals surface area (Å²) in [4.78, 5) is 36.4. The van der Waals surface area contributed by atoms with Gasteiger partial charge in [0.05, 0.1) is 12.3 Å². The van der Waals surface area contributed by atoms with Crippen LogP contribution in [0.15, 0.2) is 77.2 Å². The minimum atomic E-state index is -0.556. The molecule has 6 rings (SSSR count). The number of ether oxygens (including phenoxy) is 2. The van der Waals surface area contributed by atoms with E-state index in [1.807, 2.05) is 41.3 Å². The number of aliphatic imine (C=N–C) groups is 1. The molecule has 10 heteroatoms. The van der Waals surface area contributed by atoms with Gasteiger partial charge in [0.25, 0.3) is 5.91 Å². The monoisotopic (exact) mass is 534 g/mol. The number of amides is 2. The zero-order chi connectivity index (χ0) is 25.5. The van der Waals surface area contributed by atoms with E-state index >= 15 is 0 Å². The maximum atomic E-state index is 13.2. The Hall–Kier alpha value is -3.69. The molecule has 2 fully saturated rings. The number of fused-ring (bicyclic) bond motifs is 2. The SMILES string of the molecule is O=C(c1ccc(CN2C(=O)C3C=C4OCOC4=CC3=NC2=S)cc1)N1CCN(c2ccc(Cl)cc2)CC1. The number of piperazine rings is 1. The number of carbonyl (C=O) groups excluding carboxylic acids is 2. The van der Waals surface area contributed by atoms with Crippen molar-refractivity contribution in [3.05, 3.63) is 88.4 Å². The second kappa shape index (κ2) is 9.64. The molecule has 1 unspecified atom stereocenters. The van der Waals surface area contributed by atoms with Crippen LogP contribution >= 0.6 is 23.8 Å². The second-order valence-corrected chi connectivity index (χ2v) is 9.92. The van der Waals surface area contributed by atoms with Crippen molar-refractivity contribution in [3.8, 4) is 0 Å². The Kier molecular flexibility index (Phi) is 6.18. The molecule has 37 heavy (non-hydrogen) atoms. The van der Waals surface area contributed by atoms with Crippen molar-refractivity contribution >= 4 is 52.1 Å². The summed E-state index contributed by atoms with van der Waals surface area (Å²) >= 11 is 11.4. The van der Waals surface area contributed by atoms with E-state index in [1.165, 1.54) is 4.90 Å². The van der Waals surface area contributed by atoms with Gasteiger partial charge < -0.3 is 19.3 Å². The van der Waals surface area contributed by atoms with Crippen LogP contribution in [0.25, 0.3) is 0 Å². The van der Waals surface area contributed by atoms with E-state index in [-0.39, 0.29) is 30.3 Å². The van der Waals surface area contributed by atoms with Gasteiger partial charge in [-0.3, -0.25) is 14.5 Å². The molecule has 2 aromatic carbocycles. The number of anilines is 1. The number of thiocarbonyl (C=S) groups is 1. The highest BCUT2D eigenvalue weighted by Gasteiger charge is 2.38.